The Kier molecular flexibility index (Phi) is 6.37. The summed E-state index contributed by atoms with van der Waals surface area (Å²) in [5.41, 5.74) is 0.480. The molecule has 0 unspecified atom stereocenters. The molecule has 1 heterocycles. The van der Waals surface area contributed by atoms with E-state index in [2.05, 4.69) is 10.3 Å². The fraction of sp³-hybridized carbons (Fsp3) is 0.500. The van der Waals surface area contributed by atoms with E-state index < -0.39 is 0 Å². The van der Waals surface area contributed by atoms with E-state index in [1.807, 2.05) is 19.9 Å². The molecule has 1 N–H and O–H groups in total. The highest BCUT2D eigenvalue weighted by atomic mass is 16.5. The van der Waals surface area contributed by atoms with E-state index in [4.69, 9.17) is 10.00 Å². The number of hydrogen-bond acceptors (Lipinski definition) is 5. The predicted octanol–water partition coefficient (Wildman–Crippen LogP) is 2.34. The molecule has 0 spiro atoms. The maximum Gasteiger partial charge on any atom is 0.308 e. The minimum Gasteiger partial charge on any atom is -0.464 e. The van der Waals surface area contributed by atoms with Crippen molar-refractivity contribution in [3.63, 3.8) is 0 Å². The van der Waals surface area contributed by atoms with E-state index >= 15 is 0 Å². The number of nitrogens with zero attached hydrogens (tertiary/aromatic N) is 2. The van der Waals surface area contributed by atoms with Crippen LogP contribution in [0.5, 0.6) is 0 Å². The Balaban J connectivity index is 2.35. The van der Waals surface area contributed by atoms with Gasteiger partial charge in [0.2, 0.25) is 0 Å². The highest BCUT2D eigenvalue weighted by molar-refractivity contribution is 5.72. The van der Waals surface area contributed by atoms with Crippen molar-refractivity contribution in [2.75, 3.05) is 18.5 Å². The smallest absolute Gasteiger partial charge is 0.308 e. The van der Waals surface area contributed by atoms with Gasteiger partial charge in [0.15, 0.2) is 0 Å². The molecular formula is C14H19N3O2. The van der Waals surface area contributed by atoms with Crippen molar-refractivity contribution in [3.8, 4) is 6.07 Å². The van der Waals surface area contributed by atoms with Crippen LogP contribution in [0, 0.1) is 17.2 Å². The number of anilines is 1. The largest absolute Gasteiger partial charge is 0.464 e. The van der Waals surface area contributed by atoms with E-state index in [0.717, 1.165) is 12.8 Å². The van der Waals surface area contributed by atoms with Gasteiger partial charge in [0, 0.05) is 6.20 Å². The molecular weight excluding hydrogens is 242 g/mol. The van der Waals surface area contributed by atoms with E-state index in [1.54, 1.807) is 18.3 Å². The molecule has 0 bridgehead atoms. The lowest BCUT2D eigenvalue weighted by atomic mass is 10.0. The molecule has 0 aliphatic carbocycles. The van der Waals surface area contributed by atoms with Crippen molar-refractivity contribution in [2.45, 2.75) is 26.7 Å². The zero-order chi connectivity index (χ0) is 14.1. The van der Waals surface area contributed by atoms with Crippen LogP contribution in [0.3, 0.4) is 0 Å². The van der Waals surface area contributed by atoms with Crippen molar-refractivity contribution in [1.29, 1.82) is 5.26 Å². The Morgan fingerprint density at radius 2 is 2.26 bits per heavy atom. The average molecular weight is 261 g/mol. The van der Waals surface area contributed by atoms with Crippen molar-refractivity contribution in [1.82, 2.24) is 4.98 Å². The number of hydrogen-bond donors (Lipinski definition) is 1. The van der Waals surface area contributed by atoms with Gasteiger partial charge in [-0.05, 0) is 25.0 Å². The van der Waals surface area contributed by atoms with Crippen LogP contribution in [0.15, 0.2) is 18.3 Å². The predicted molar refractivity (Wildman–Crippen MR) is 72.5 cm³/mol. The van der Waals surface area contributed by atoms with E-state index in [9.17, 15) is 4.79 Å². The van der Waals surface area contributed by atoms with Gasteiger partial charge in [-0.15, -0.1) is 0 Å². The number of rotatable bonds is 7. The summed E-state index contributed by atoms with van der Waals surface area (Å²) >= 11 is 0. The third-order valence-electron chi connectivity index (χ3n) is 2.89. The Bertz CT molecular complexity index is 450. The number of aromatic nitrogens is 1. The molecule has 0 atom stereocenters. The van der Waals surface area contributed by atoms with Crippen LogP contribution >= 0.6 is 0 Å². The van der Waals surface area contributed by atoms with Gasteiger partial charge < -0.3 is 10.1 Å². The summed E-state index contributed by atoms with van der Waals surface area (Å²) < 4.78 is 5.17. The first-order valence-corrected chi connectivity index (χ1v) is 6.48. The molecule has 0 fully saturated rings. The van der Waals surface area contributed by atoms with Crippen LogP contribution in [0.4, 0.5) is 5.82 Å². The summed E-state index contributed by atoms with van der Waals surface area (Å²) in [6, 6.07) is 5.44. The maximum atomic E-state index is 11.6. The fourth-order valence-corrected chi connectivity index (χ4v) is 1.70. The van der Waals surface area contributed by atoms with Gasteiger partial charge in [0.1, 0.15) is 18.5 Å². The lowest BCUT2D eigenvalue weighted by molar-refractivity contribution is -0.148. The molecule has 0 amide bonds. The second-order valence-electron chi connectivity index (χ2n) is 4.12. The normalized spacial score (nSPS) is 10.0. The Hall–Kier alpha value is -2.09. The van der Waals surface area contributed by atoms with Crippen molar-refractivity contribution < 1.29 is 9.53 Å². The zero-order valence-electron chi connectivity index (χ0n) is 11.3. The number of carbonyl (C=O) groups is 1. The first-order chi connectivity index (χ1) is 9.22. The number of carbonyl (C=O) groups excluding carboxylic acids is 1. The van der Waals surface area contributed by atoms with Gasteiger partial charge in [-0.2, -0.15) is 5.26 Å². The lowest BCUT2D eigenvalue weighted by Crippen LogP contribution is -2.20. The van der Waals surface area contributed by atoms with Crippen molar-refractivity contribution in [2.24, 2.45) is 5.92 Å². The molecule has 1 aromatic heterocycles. The van der Waals surface area contributed by atoms with Crippen LogP contribution in [-0.2, 0) is 9.53 Å². The average Bonchev–Trinajstić information content (AvgIpc) is 2.45. The lowest BCUT2D eigenvalue weighted by Gasteiger charge is -2.12. The monoisotopic (exact) mass is 261 g/mol. The van der Waals surface area contributed by atoms with Crippen LogP contribution < -0.4 is 5.32 Å². The molecule has 0 saturated carbocycles. The van der Waals surface area contributed by atoms with Crippen LogP contribution in [0.25, 0.3) is 0 Å². The number of pyridine rings is 1. The van der Waals surface area contributed by atoms with Gasteiger partial charge >= 0.3 is 5.97 Å². The van der Waals surface area contributed by atoms with Gasteiger partial charge in [-0.25, -0.2) is 4.98 Å². The maximum absolute atomic E-state index is 11.6. The molecule has 19 heavy (non-hydrogen) atoms. The quantitative estimate of drug-likeness (QED) is 0.602. The Morgan fingerprint density at radius 3 is 2.89 bits per heavy atom. The number of ether oxygens (including phenoxy) is 1. The zero-order valence-corrected chi connectivity index (χ0v) is 11.3. The summed E-state index contributed by atoms with van der Waals surface area (Å²) in [7, 11) is 0. The number of nitriles is 1. The van der Waals surface area contributed by atoms with E-state index in [0.29, 0.717) is 17.9 Å². The van der Waals surface area contributed by atoms with Crippen LogP contribution in [-0.4, -0.2) is 24.1 Å². The Labute approximate surface area is 113 Å². The number of esters is 1. The summed E-state index contributed by atoms with van der Waals surface area (Å²) in [6.45, 7) is 4.66. The molecule has 0 aliphatic heterocycles. The van der Waals surface area contributed by atoms with Gasteiger partial charge in [0.25, 0.3) is 0 Å². The minimum absolute atomic E-state index is 0.0236. The van der Waals surface area contributed by atoms with Crippen molar-refractivity contribution in [3.05, 3.63) is 23.9 Å². The second kappa shape index (κ2) is 8.09. The van der Waals surface area contributed by atoms with E-state index in [1.165, 1.54) is 0 Å². The molecule has 0 saturated heterocycles. The molecule has 1 aromatic rings. The van der Waals surface area contributed by atoms with Gasteiger partial charge in [-0.1, -0.05) is 13.8 Å². The molecule has 1 rings (SSSR count). The summed E-state index contributed by atoms with van der Waals surface area (Å²) in [6.07, 6.45) is 3.20. The number of nitrogens with one attached hydrogen (secondary N) is 1. The first-order valence-electron chi connectivity index (χ1n) is 6.48. The minimum atomic E-state index is -0.159. The molecule has 0 radical (unpaired) electrons. The fourth-order valence-electron chi connectivity index (χ4n) is 1.70. The SMILES string of the molecule is CCC(CC)C(=O)OCCNc1ncccc1C#N. The third-order valence-corrected chi connectivity index (χ3v) is 2.89. The standard InChI is InChI=1S/C14H19N3O2/c1-3-11(4-2)14(18)19-9-8-17-13-12(10-15)6-5-7-16-13/h5-7,11H,3-4,8-9H2,1-2H3,(H,16,17). The van der Waals surface area contributed by atoms with Crippen LogP contribution in [0.2, 0.25) is 0 Å². The van der Waals surface area contributed by atoms with Crippen molar-refractivity contribution >= 4 is 11.8 Å². The molecule has 5 heteroatoms. The topological polar surface area (TPSA) is 75.0 Å². The summed E-state index contributed by atoms with van der Waals surface area (Å²) in [4.78, 5) is 15.7. The molecule has 102 valence electrons. The van der Waals surface area contributed by atoms with E-state index in [-0.39, 0.29) is 18.5 Å². The van der Waals surface area contributed by atoms with Gasteiger partial charge in [-0.3, -0.25) is 4.79 Å². The van der Waals surface area contributed by atoms with Gasteiger partial charge in [0.05, 0.1) is 18.0 Å². The molecule has 0 aliphatic rings. The Morgan fingerprint density at radius 1 is 1.53 bits per heavy atom. The first kappa shape index (κ1) is 15.0. The highest BCUT2D eigenvalue weighted by Gasteiger charge is 2.15. The summed E-state index contributed by atoms with van der Waals surface area (Å²) in [5, 5.41) is 11.9. The second-order valence-corrected chi connectivity index (χ2v) is 4.12. The molecule has 0 aromatic carbocycles. The van der Waals surface area contributed by atoms with Crippen LogP contribution in [0.1, 0.15) is 32.3 Å². The highest BCUT2D eigenvalue weighted by Crippen LogP contribution is 2.10. The third kappa shape index (κ3) is 4.59. The summed E-state index contributed by atoms with van der Waals surface area (Å²) in [5.74, 6) is 0.335. The molecule has 5 nitrogen and oxygen atoms in total.